The van der Waals surface area contributed by atoms with Crippen molar-refractivity contribution in [1.82, 2.24) is 9.88 Å². The number of carbonyl (C=O) groups excluding carboxylic acids is 2. The standard InChI is InChI=1S/C15H16N2O2/c18-12-5-6-15(19)17(8-7-12)10-11-9-16-14-4-2-1-3-13(11)14/h1-4,9,16H,5-8,10H2. The zero-order chi connectivity index (χ0) is 13.2. The van der Waals surface area contributed by atoms with Crippen LogP contribution in [0.1, 0.15) is 24.8 Å². The molecule has 0 bridgehead atoms. The Labute approximate surface area is 111 Å². The van der Waals surface area contributed by atoms with E-state index in [4.69, 9.17) is 0 Å². The van der Waals surface area contributed by atoms with E-state index in [0.717, 1.165) is 16.5 Å². The minimum Gasteiger partial charge on any atom is -0.361 e. The summed E-state index contributed by atoms with van der Waals surface area (Å²) in [4.78, 5) is 28.4. The molecule has 1 aliphatic rings. The zero-order valence-corrected chi connectivity index (χ0v) is 10.7. The molecule has 1 aromatic carbocycles. The molecule has 19 heavy (non-hydrogen) atoms. The molecule has 4 nitrogen and oxygen atoms in total. The molecular weight excluding hydrogens is 240 g/mol. The summed E-state index contributed by atoms with van der Waals surface area (Å²) in [6.07, 6.45) is 3.17. The average molecular weight is 256 g/mol. The number of benzene rings is 1. The third-order valence-electron chi connectivity index (χ3n) is 3.67. The van der Waals surface area contributed by atoms with Crippen LogP contribution < -0.4 is 0 Å². The Bertz CT molecular complexity index is 630. The highest BCUT2D eigenvalue weighted by atomic mass is 16.2. The first-order valence-electron chi connectivity index (χ1n) is 6.58. The second-order valence-corrected chi connectivity index (χ2v) is 4.96. The van der Waals surface area contributed by atoms with Gasteiger partial charge in [-0.05, 0) is 11.6 Å². The van der Waals surface area contributed by atoms with Crippen molar-refractivity contribution in [3.05, 3.63) is 36.0 Å². The Kier molecular flexibility index (Phi) is 3.07. The van der Waals surface area contributed by atoms with Gasteiger partial charge >= 0.3 is 0 Å². The van der Waals surface area contributed by atoms with Crippen molar-refractivity contribution in [2.45, 2.75) is 25.8 Å². The van der Waals surface area contributed by atoms with Crippen LogP contribution in [-0.4, -0.2) is 28.1 Å². The molecule has 1 aromatic heterocycles. The first-order valence-corrected chi connectivity index (χ1v) is 6.58. The summed E-state index contributed by atoms with van der Waals surface area (Å²) in [5.41, 5.74) is 2.19. The Morgan fingerprint density at radius 1 is 1.11 bits per heavy atom. The molecule has 0 aliphatic carbocycles. The van der Waals surface area contributed by atoms with Crippen LogP contribution in [0, 0.1) is 0 Å². The number of fused-ring (bicyclic) bond motifs is 1. The van der Waals surface area contributed by atoms with E-state index in [1.807, 2.05) is 24.4 Å². The molecule has 2 aromatic rings. The van der Waals surface area contributed by atoms with Crippen molar-refractivity contribution >= 4 is 22.6 Å². The lowest BCUT2D eigenvalue weighted by molar-refractivity contribution is -0.131. The molecule has 1 aliphatic heterocycles. The van der Waals surface area contributed by atoms with Gasteiger partial charge in [0.15, 0.2) is 0 Å². The predicted molar refractivity (Wildman–Crippen MR) is 72.6 cm³/mol. The number of Topliss-reactive ketones (excluding diaryl/α,β-unsaturated/α-hetero) is 1. The van der Waals surface area contributed by atoms with Gasteiger partial charge in [0.1, 0.15) is 5.78 Å². The number of hydrogen-bond acceptors (Lipinski definition) is 2. The third kappa shape index (κ3) is 2.38. The van der Waals surface area contributed by atoms with Gasteiger partial charge in [0.2, 0.25) is 5.91 Å². The van der Waals surface area contributed by atoms with Crippen molar-refractivity contribution in [2.24, 2.45) is 0 Å². The Morgan fingerprint density at radius 3 is 2.84 bits per heavy atom. The molecule has 0 saturated carbocycles. The van der Waals surface area contributed by atoms with E-state index in [1.54, 1.807) is 4.90 Å². The maximum absolute atomic E-state index is 12.0. The van der Waals surface area contributed by atoms with Crippen LogP contribution in [0.2, 0.25) is 0 Å². The van der Waals surface area contributed by atoms with Crippen LogP contribution in [0.3, 0.4) is 0 Å². The number of aromatic nitrogens is 1. The number of amides is 1. The molecule has 1 saturated heterocycles. The fourth-order valence-corrected chi connectivity index (χ4v) is 2.55. The van der Waals surface area contributed by atoms with Crippen molar-refractivity contribution in [2.75, 3.05) is 6.54 Å². The first kappa shape index (κ1) is 12.0. The Hall–Kier alpha value is -2.10. The van der Waals surface area contributed by atoms with Crippen LogP contribution in [0.5, 0.6) is 0 Å². The van der Waals surface area contributed by atoms with Crippen LogP contribution in [0.4, 0.5) is 0 Å². The summed E-state index contributed by atoms with van der Waals surface area (Å²) in [5, 5.41) is 1.14. The predicted octanol–water partition coefficient (Wildman–Crippen LogP) is 2.25. The monoisotopic (exact) mass is 256 g/mol. The van der Waals surface area contributed by atoms with E-state index >= 15 is 0 Å². The molecule has 0 spiro atoms. The summed E-state index contributed by atoms with van der Waals surface area (Å²) >= 11 is 0. The number of carbonyl (C=O) groups is 2. The number of H-pyrrole nitrogens is 1. The fourth-order valence-electron chi connectivity index (χ4n) is 2.55. The topological polar surface area (TPSA) is 53.2 Å². The number of ketones is 1. The number of nitrogens with zero attached hydrogens (tertiary/aromatic N) is 1. The van der Waals surface area contributed by atoms with Gasteiger partial charge in [0.25, 0.3) is 0 Å². The van der Waals surface area contributed by atoms with Crippen LogP contribution in [-0.2, 0) is 16.1 Å². The Morgan fingerprint density at radius 2 is 1.95 bits per heavy atom. The number of para-hydroxylation sites is 1. The second-order valence-electron chi connectivity index (χ2n) is 4.96. The molecule has 1 fully saturated rings. The molecule has 4 heteroatoms. The van der Waals surface area contributed by atoms with Gasteiger partial charge in [-0.1, -0.05) is 18.2 Å². The third-order valence-corrected chi connectivity index (χ3v) is 3.67. The van der Waals surface area contributed by atoms with E-state index in [2.05, 4.69) is 11.1 Å². The molecule has 1 amide bonds. The average Bonchev–Trinajstić information content (AvgIpc) is 2.76. The molecule has 0 radical (unpaired) electrons. The highest BCUT2D eigenvalue weighted by Crippen LogP contribution is 2.20. The number of likely N-dealkylation sites (tertiary alicyclic amines) is 1. The van der Waals surface area contributed by atoms with Crippen molar-refractivity contribution in [3.8, 4) is 0 Å². The highest BCUT2D eigenvalue weighted by molar-refractivity contribution is 5.88. The summed E-state index contributed by atoms with van der Waals surface area (Å²) in [6.45, 7) is 1.12. The molecule has 0 unspecified atom stereocenters. The zero-order valence-electron chi connectivity index (χ0n) is 10.7. The van der Waals surface area contributed by atoms with E-state index in [-0.39, 0.29) is 11.7 Å². The van der Waals surface area contributed by atoms with Crippen LogP contribution in [0.15, 0.2) is 30.5 Å². The number of aromatic amines is 1. The maximum atomic E-state index is 12.0. The second kappa shape index (κ2) is 4.88. The lowest BCUT2D eigenvalue weighted by Crippen LogP contribution is -2.29. The van der Waals surface area contributed by atoms with Gasteiger partial charge in [-0.15, -0.1) is 0 Å². The molecular formula is C15H16N2O2. The quantitative estimate of drug-likeness (QED) is 0.896. The van der Waals surface area contributed by atoms with Crippen LogP contribution >= 0.6 is 0 Å². The maximum Gasteiger partial charge on any atom is 0.223 e. The van der Waals surface area contributed by atoms with E-state index in [9.17, 15) is 9.59 Å². The SMILES string of the molecule is O=C1CCC(=O)N(Cc2c[nH]c3ccccc23)CC1. The molecule has 98 valence electrons. The fraction of sp³-hybridized carbons (Fsp3) is 0.333. The number of nitrogens with one attached hydrogen (secondary N) is 1. The summed E-state index contributed by atoms with van der Waals surface area (Å²) in [6, 6.07) is 8.05. The van der Waals surface area contributed by atoms with E-state index in [1.165, 1.54) is 0 Å². The normalized spacial score (nSPS) is 16.9. The number of rotatable bonds is 2. The van der Waals surface area contributed by atoms with Crippen molar-refractivity contribution < 1.29 is 9.59 Å². The van der Waals surface area contributed by atoms with E-state index < -0.39 is 0 Å². The minimum atomic E-state index is 0.0798. The molecule has 3 rings (SSSR count). The summed E-state index contributed by atoms with van der Waals surface area (Å²) in [5.74, 6) is 0.269. The summed E-state index contributed by atoms with van der Waals surface area (Å²) in [7, 11) is 0. The lowest BCUT2D eigenvalue weighted by atomic mass is 10.1. The first-order chi connectivity index (χ1) is 9.24. The molecule has 2 heterocycles. The Balaban J connectivity index is 1.84. The van der Waals surface area contributed by atoms with Gasteiger partial charge in [-0.25, -0.2) is 0 Å². The van der Waals surface area contributed by atoms with Gasteiger partial charge in [0, 0.05) is 49.5 Å². The smallest absolute Gasteiger partial charge is 0.223 e. The van der Waals surface area contributed by atoms with Gasteiger partial charge in [0.05, 0.1) is 0 Å². The highest BCUT2D eigenvalue weighted by Gasteiger charge is 2.21. The van der Waals surface area contributed by atoms with Crippen molar-refractivity contribution in [1.29, 1.82) is 0 Å². The van der Waals surface area contributed by atoms with Gasteiger partial charge in [-0.3, -0.25) is 9.59 Å². The largest absolute Gasteiger partial charge is 0.361 e. The number of hydrogen-bond donors (Lipinski definition) is 1. The molecule has 0 atom stereocenters. The minimum absolute atomic E-state index is 0.0798. The van der Waals surface area contributed by atoms with Gasteiger partial charge in [-0.2, -0.15) is 0 Å². The van der Waals surface area contributed by atoms with E-state index in [0.29, 0.717) is 32.4 Å². The van der Waals surface area contributed by atoms with Gasteiger partial charge < -0.3 is 9.88 Å². The van der Waals surface area contributed by atoms with Crippen molar-refractivity contribution in [3.63, 3.8) is 0 Å². The van der Waals surface area contributed by atoms with Crippen LogP contribution in [0.25, 0.3) is 10.9 Å². The molecule has 1 N–H and O–H groups in total. The summed E-state index contributed by atoms with van der Waals surface area (Å²) < 4.78 is 0. The lowest BCUT2D eigenvalue weighted by Gasteiger charge is -2.19.